The highest BCUT2D eigenvalue weighted by Crippen LogP contribution is 2.46. The summed E-state index contributed by atoms with van der Waals surface area (Å²) >= 11 is 6.36. The second-order valence-corrected chi connectivity index (χ2v) is 6.98. The normalized spacial score (nSPS) is 14.8. The Kier molecular flexibility index (Phi) is 3.31. The average Bonchev–Trinajstić information content (AvgIpc) is 3.24. The number of rotatable bonds is 3. The lowest BCUT2D eigenvalue weighted by molar-refractivity contribution is 0.149. The number of hydrogen-bond donors (Lipinski definition) is 0. The van der Waals surface area contributed by atoms with Crippen molar-refractivity contribution in [2.45, 2.75) is 32.1 Å². The van der Waals surface area contributed by atoms with Gasteiger partial charge in [-0.25, -0.2) is 18.4 Å². The summed E-state index contributed by atoms with van der Waals surface area (Å²) < 4.78 is 31.2. The van der Waals surface area contributed by atoms with Crippen molar-refractivity contribution < 1.29 is 8.78 Å². The van der Waals surface area contributed by atoms with Crippen LogP contribution in [0.5, 0.6) is 0 Å². The minimum atomic E-state index is -2.66. The summed E-state index contributed by atoms with van der Waals surface area (Å²) in [6.07, 6.45) is 0.776. The van der Waals surface area contributed by atoms with E-state index in [0.717, 1.165) is 18.2 Å². The zero-order valence-electron chi connectivity index (χ0n) is 13.8. The highest BCUT2D eigenvalue weighted by molar-refractivity contribution is 6.35. The standard InChI is InChI=1S/C18H14ClF2N5/c1-9-23-14-7-12(10-5-6-10)15(17(20)21)18(25(14)24-9)26-16-11(8-22-26)3-2-4-13(16)19/h2-4,7-8,10,17H,5-6H2,1H3. The fourth-order valence-electron chi connectivity index (χ4n) is 3.50. The molecule has 5 rings (SSSR count). The van der Waals surface area contributed by atoms with E-state index in [2.05, 4.69) is 15.2 Å². The van der Waals surface area contributed by atoms with Crippen LogP contribution in [0.15, 0.2) is 30.5 Å². The van der Waals surface area contributed by atoms with Crippen molar-refractivity contribution in [3.8, 4) is 5.82 Å². The van der Waals surface area contributed by atoms with Crippen LogP contribution in [0.1, 0.15) is 42.1 Å². The van der Waals surface area contributed by atoms with Crippen molar-refractivity contribution in [2.75, 3.05) is 0 Å². The van der Waals surface area contributed by atoms with E-state index in [9.17, 15) is 8.78 Å². The van der Waals surface area contributed by atoms with E-state index in [1.807, 2.05) is 6.07 Å². The summed E-state index contributed by atoms with van der Waals surface area (Å²) in [4.78, 5) is 4.39. The minimum Gasteiger partial charge on any atom is -0.213 e. The minimum absolute atomic E-state index is 0.0465. The first-order valence-electron chi connectivity index (χ1n) is 8.35. The smallest absolute Gasteiger partial charge is 0.213 e. The van der Waals surface area contributed by atoms with Crippen molar-refractivity contribution in [2.24, 2.45) is 0 Å². The molecule has 1 aliphatic rings. The van der Waals surface area contributed by atoms with Gasteiger partial charge in [-0.2, -0.15) is 9.61 Å². The molecular formula is C18H14ClF2N5. The Bertz CT molecular complexity index is 1160. The van der Waals surface area contributed by atoms with Crippen molar-refractivity contribution in [3.63, 3.8) is 0 Å². The molecule has 0 atom stereocenters. The van der Waals surface area contributed by atoms with Gasteiger partial charge >= 0.3 is 0 Å². The summed E-state index contributed by atoms with van der Waals surface area (Å²) in [5, 5.41) is 9.92. The number of fused-ring (bicyclic) bond motifs is 2. The lowest BCUT2D eigenvalue weighted by Crippen LogP contribution is -2.12. The van der Waals surface area contributed by atoms with Gasteiger partial charge in [-0.3, -0.25) is 0 Å². The van der Waals surface area contributed by atoms with E-state index in [-0.39, 0.29) is 17.3 Å². The molecule has 1 saturated carbocycles. The number of aromatic nitrogens is 5. The largest absolute Gasteiger partial charge is 0.267 e. The van der Waals surface area contributed by atoms with Crippen LogP contribution in [-0.2, 0) is 0 Å². The molecule has 1 aliphatic carbocycles. The van der Waals surface area contributed by atoms with Gasteiger partial charge in [-0.05, 0) is 43.4 Å². The summed E-state index contributed by atoms with van der Waals surface area (Å²) in [6.45, 7) is 1.74. The molecule has 0 unspecified atom stereocenters. The van der Waals surface area contributed by atoms with Gasteiger partial charge in [0.15, 0.2) is 11.5 Å². The highest BCUT2D eigenvalue weighted by Gasteiger charge is 2.34. The predicted molar refractivity (Wildman–Crippen MR) is 94.3 cm³/mol. The predicted octanol–water partition coefficient (Wildman–Crippen LogP) is 4.85. The van der Waals surface area contributed by atoms with Crippen LogP contribution in [-0.4, -0.2) is 24.4 Å². The molecule has 3 heterocycles. The molecule has 0 radical (unpaired) electrons. The third-order valence-corrected chi connectivity index (χ3v) is 5.06. The topological polar surface area (TPSA) is 48.0 Å². The molecule has 132 valence electrons. The fraction of sp³-hybridized carbons (Fsp3) is 0.278. The van der Waals surface area contributed by atoms with Gasteiger partial charge in [0.1, 0.15) is 5.82 Å². The van der Waals surface area contributed by atoms with Crippen LogP contribution < -0.4 is 0 Å². The van der Waals surface area contributed by atoms with Crippen molar-refractivity contribution in [3.05, 3.63) is 52.4 Å². The average molecular weight is 374 g/mol. The zero-order valence-corrected chi connectivity index (χ0v) is 14.6. The highest BCUT2D eigenvalue weighted by atomic mass is 35.5. The summed E-state index contributed by atoms with van der Waals surface area (Å²) in [5.74, 6) is 0.863. The van der Waals surface area contributed by atoms with Gasteiger partial charge in [0.25, 0.3) is 6.43 Å². The van der Waals surface area contributed by atoms with E-state index in [0.29, 0.717) is 27.6 Å². The lowest BCUT2D eigenvalue weighted by Gasteiger charge is -2.16. The Morgan fingerprint density at radius 2 is 2.08 bits per heavy atom. The molecule has 3 aromatic heterocycles. The van der Waals surface area contributed by atoms with E-state index >= 15 is 0 Å². The Hall–Kier alpha value is -2.54. The molecule has 0 N–H and O–H groups in total. The van der Waals surface area contributed by atoms with Crippen LogP contribution in [0, 0.1) is 6.92 Å². The van der Waals surface area contributed by atoms with Crippen LogP contribution in [0.3, 0.4) is 0 Å². The fourth-order valence-corrected chi connectivity index (χ4v) is 3.76. The second-order valence-electron chi connectivity index (χ2n) is 6.57. The molecule has 0 saturated heterocycles. The van der Waals surface area contributed by atoms with Gasteiger partial charge in [0.05, 0.1) is 22.3 Å². The first-order chi connectivity index (χ1) is 12.5. The van der Waals surface area contributed by atoms with Crippen LogP contribution in [0.2, 0.25) is 5.02 Å². The number of hydrogen-bond acceptors (Lipinski definition) is 3. The number of aryl methyl sites for hydroxylation is 1. The van der Waals surface area contributed by atoms with Gasteiger partial charge in [-0.15, -0.1) is 5.10 Å². The molecule has 0 aliphatic heterocycles. The van der Waals surface area contributed by atoms with Crippen molar-refractivity contribution >= 4 is 28.2 Å². The maximum Gasteiger partial charge on any atom is 0.267 e. The number of alkyl halides is 2. The molecule has 4 aromatic rings. The first kappa shape index (κ1) is 15.7. The number of para-hydroxylation sites is 1. The van der Waals surface area contributed by atoms with Gasteiger partial charge in [0, 0.05) is 5.39 Å². The number of halogens is 3. The van der Waals surface area contributed by atoms with Gasteiger partial charge in [-0.1, -0.05) is 23.7 Å². The lowest BCUT2D eigenvalue weighted by atomic mass is 10.0. The molecule has 0 amide bonds. The molecule has 8 heteroatoms. The first-order valence-corrected chi connectivity index (χ1v) is 8.73. The monoisotopic (exact) mass is 373 g/mol. The van der Waals surface area contributed by atoms with Crippen molar-refractivity contribution in [1.82, 2.24) is 24.4 Å². The van der Waals surface area contributed by atoms with Crippen LogP contribution in [0.25, 0.3) is 22.4 Å². The SMILES string of the molecule is Cc1nc2cc(C3CC3)c(C(F)F)c(-n3ncc4cccc(Cl)c43)n2n1. The molecule has 0 spiro atoms. The molecule has 1 fully saturated rings. The third-order valence-electron chi connectivity index (χ3n) is 4.75. The molecule has 1 aromatic carbocycles. The quantitative estimate of drug-likeness (QED) is 0.516. The third kappa shape index (κ3) is 2.23. The number of benzene rings is 1. The number of pyridine rings is 1. The van der Waals surface area contributed by atoms with Crippen molar-refractivity contribution in [1.29, 1.82) is 0 Å². The van der Waals surface area contributed by atoms with Crippen LogP contribution >= 0.6 is 11.6 Å². The summed E-state index contributed by atoms with van der Waals surface area (Å²) in [7, 11) is 0. The van der Waals surface area contributed by atoms with E-state index in [1.54, 1.807) is 31.3 Å². The van der Waals surface area contributed by atoms with Gasteiger partial charge < -0.3 is 0 Å². The maximum atomic E-state index is 14.2. The Labute approximate surface area is 152 Å². The maximum absolute atomic E-state index is 14.2. The molecular weight excluding hydrogens is 360 g/mol. The van der Waals surface area contributed by atoms with Crippen LogP contribution in [0.4, 0.5) is 8.78 Å². The molecule has 26 heavy (non-hydrogen) atoms. The molecule has 0 bridgehead atoms. The van der Waals surface area contributed by atoms with E-state index in [1.165, 1.54) is 9.20 Å². The zero-order chi connectivity index (χ0) is 18.0. The molecule has 5 nitrogen and oxygen atoms in total. The van der Waals surface area contributed by atoms with E-state index in [4.69, 9.17) is 11.6 Å². The Balaban J connectivity index is 1.95. The number of nitrogens with zero attached hydrogens (tertiary/aromatic N) is 5. The van der Waals surface area contributed by atoms with Gasteiger partial charge in [0.2, 0.25) is 0 Å². The summed E-state index contributed by atoms with van der Waals surface area (Å²) in [5.41, 5.74) is 1.71. The van der Waals surface area contributed by atoms with E-state index < -0.39 is 6.43 Å². The Morgan fingerprint density at radius 3 is 2.81 bits per heavy atom. The Morgan fingerprint density at radius 1 is 1.27 bits per heavy atom. The summed E-state index contributed by atoms with van der Waals surface area (Å²) in [6, 6.07) is 7.11. The second kappa shape index (κ2) is 5.48.